The van der Waals surface area contributed by atoms with Crippen LogP contribution in [0.15, 0.2) is 49.2 Å². The van der Waals surface area contributed by atoms with Gasteiger partial charge < -0.3 is 9.30 Å². The third-order valence-corrected chi connectivity index (χ3v) is 4.96. The van der Waals surface area contributed by atoms with Crippen molar-refractivity contribution in [3.63, 3.8) is 0 Å². The minimum absolute atomic E-state index is 0.136. The monoisotopic (exact) mass is 372 g/mol. The standard InChI is InChI=1S/C20H22F2N4O/c21-20(22)13-26-9-6-17-18(26)2-1-3-19(17)27-16-4-7-25(8-5-16)12-15-10-23-14-24-11-15/h1-3,6,9-11,14,16,20H,4-5,7-8,12-13H2. The average Bonchev–Trinajstić information content (AvgIpc) is 3.08. The van der Waals surface area contributed by atoms with Crippen LogP contribution < -0.4 is 4.74 Å². The number of hydrogen-bond donors (Lipinski definition) is 0. The summed E-state index contributed by atoms with van der Waals surface area (Å²) in [6.45, 7) is 2.44. The van der Waals surface area contributed by atoms with E-state index in [1.165, 1.54) is 0 Å². The van der Waals surface area contributed by atoms with Crippen molar-refractivity contribution in [3.8, 4) is 5.75 Å². The summed E-state index contributed by atoms with van der Waals surface area (Å²) in [6, 6.07) is 7.50. The summed E-state index contributed by atoms with van der Waals surface area (Å²) < 4.78 is 33.3. The second-order valence-corrected chi connectivity index (χ2v) is 6.89. The quantitative estimate of drug-likeness (QED) is 0.661. The van der Waals surface area contributed by atoms with Gasteiger partial charge in [0.05, 0.1) is 12.1 Å². The molecule has 7 heteroatoms. The summed E-state index contributed by atoms with van der Waals surface area (Å²) in [7, 11) is 0. The summed E-state index contributed by atoms with van der Waals surface area (Å²) in [4.78, 5) is 10.5. The lowest BCUT2D eigenvalue weighted by molar-refractivity contribution is 0.0978. The van der Waals surface area contributed by atoms with Crippen molar-refractivity contribution in [2.24, 2.45) is 0 Å². The van der Waals surface area contributed by atoms with Gasteiger partial charge >= 0.3 is 0 Å². The highest BCUT2D eigenvalue weighted by atomic mass is 19.3. The van der Waals surface area contributed by atoms with Crippen molar-refractivity contribution in [1.29, 1.82) is 0 Å². The number of fused-ring (bicyclic) bond motifs is 1. The van der Waals surface area contributed by atoms with Crippen LogP contribution in [0.4, 0.5) is 8.78 Å². The third kappa shape index (κ3) is 4.24. The molecule has 1 aliphatic heterocycles. The van der Waals surface area contributed by atoms with Crippen molar-refractivity contribution >= 4 is 10.9 Å². The Hall–Kier alpha value is -2.54. The maximum Gasteiger partial charge on any atom is 0.256 e. The molecule has 3 aromatic rings. The minimum atomic E-state index is -2.37. The summed E-state index contributed by atoms with van der Waals surface area (Å²) in [5.41, 5.74) is 1.90. The normalized spacial score (nSPS) is 16.3. The Bertz CT molecular complexity index is 876. The van der Waals surface area contributed by atoms with Crippen LogP contribution in [0.2, 0.25) is 0 Å². The Morgan fingerprint density at radius 3 is 2.63 bits per heavy atom. The molecule has 0 atom stereocenters. The number of benzene rings is 1. The van der Waals surface area contributed by atoms with E-state index in [2.05, 4.69) is 14.9 Å². The zero-order valence-electron chi connectivity index (χ0n) is 15.0. The van der Waals surface area contributed by atoms with E-state index >= 15 is 0 Å². The molecule has 0 amide bonds. The molecule has 1 saturated heterocycles. The maximum absolute atomic E-state index is 12.7. The highest BCUT2D eigenvalue weighted by Crippen LogP contribution is 2.29. The van der Waals surface area contributed by atoms with Gasteiger partial charge in [-0.05, 0) is 31.0 Å². The van der Waals surface area contributed by atoms with Crippen molar-refractivity contribution in [2.45, 2.75) is 38.5 Å². The van der Waals surface area contributed by atoms with Gasteiger partial charge in [0.15, 0.2) is 0 Å². The molecule has 1 fully saturated rings. The maximum atomic E-state index is 12.7. The predicted octanol–water partition coefficient (Wildman–Crippen LogP) is 3.74. The second-order valence-electron chi connectivity index (χ2n) is 6.89. The highest BCUT2D eigenvalue weighted by molar-refractivity contribution is 5.86. The molecule has 1 aromatic carbocycles. The van der Waals surface area contributed by atoms with Gasteiger partial charge in [-0.15, -0.1) is 0 Å². The first-order valence-corrected chi connectivity index (χ1v) is 9.18. The lowest BCUT2D eigenvalue weighted by atomic mass is 10.1. The summed E-state index contributed by atoms with van der Waals surface area (Å²) >= 11 is 0. The van der Waals surface area contributed by atoms with E-state index in [9.17, 15) is 8.78 Å². The van der Waals surface area contributed by atoms with Crippen LogP contribution in [0.1, 0.15) is 18.4 Å². The highest BCUT2D eigenvalue weighted by Gasteiger charge is 2.21. The fourth-order valence-electron chi connectivity index (χ4n) is 3.64. The Kier molecular flexibility index (Phi) is 5.29. The first-order valence-electron chi connectivity index (χ1n) is 9.18. The molecule has 0 saturated carbocycles. The number of ether oxygens (including phenoxy) is 1. The number of aromatic nitrogens is 3. The number of nitrogens with zero attached hydrogens (tertiary/aromatic N) is 4. The summed E-state index contributed by atoms with van der Waals surface area (Å²) in [5, 5.41) is 0.891. The number of rotatable bonds is 6. The van der Waals surface area contributed by atoms with E-state index in [-0.39, 0.29) is 12.6 Å². The summed E-state index contributed by atoms with van der Waals surface area (Å²) in [6.07, 6.45) is 6.57. The number of alkyl halides is 2. The van der Waals surface area contributed by atoms with Gasteiger partial charge in [0.25, 0.3) is 6.43 Å². The Labute approximate surface area is 156 Å². The van der Waals surface area contributed by atoms with E-state index in [1.54, 1.807) is 17.1 Å². The molecule has 3 heterocycles. The molecule has 0 spiro atoms. The second kappa shape index (κ2) is 8.00. The smallest absolute Gasteiger partial charge is 0.256 e. The van der Waals surface area contributed by atoms with Crippen LogP contribution >= 0.6 is 0 Å². The minimum Gasteiger partial charge on any atom is -0.490 e. The molecule has 27 heavy (non-hydrogen) atoms. The first kappa shape index (κ1) is 17.9. The predicted molar refractivity (Wildman–Crippen MR) is 98.9 cm³/mol. The molecule has 0 radical (unpaired) electrons. The molecule has 5 nitrogen and oxygen atoms in total. The number of piperidine rings is 1. The topological polar surface area (TPSA) is 43.2 Å². The average molecular weight is 372 g/mol. The van der Waals surface area contributed by atoms with Crippen LogP contribution in [0.3, 0.4) is 0 Å². The van der Waals surface area contributed by atoms with E-state index in [0.29, 0.717) is 0 Å². The molecular formula is C20H22F2N4O. The number of hydrogen-bond acceptors (Lipinski definition) is 4. The van der Waals surface area contributed by atoms with Gasteiger partial charge in [-0.3, -0.25) is 4.90 Å². The fourth-order valence-corrected chi connectivity index (χ4v) is 3.64. The van der Waals surface area contributed by atoms with Gasteiger partial charge in [0.2, 0.25) is 0 Å². The van der Waals surface area contributed by atoms with Crippen molar-refractivity contribution in [1.82, 2.24) is 19.4 Å². The lowest BCUT2D eigenvalue weighted by Gasteiger charge is -2.32. The van der Waals surface area contributed by atoms with Crippen LogP contribution in [-0.4, -0.2) is 45.1 Å². The van der Waals surface area contributed by atoms with E-state index in [0.717, 1.165) is 54.7 Å². The summed E-state index contributed by atoms with van der Waals surface area (Å²) in [5.74, 6) is 0.774. The van der Waals surface area contributed by atoms with E-state index < -0.39 is 6.43 Å². The Morgan fingerprint density at radius 1 is 1.11 bits per heavy atom. The van der Waals surface area contributed by atoms with Gasteiger partial charge in [-0.1, -0.05) is 6.07 Å². The molecule has 0 N–H and O–H groups in total. The van der Waals surface area contributed by atoms with E-state index in [1.807, 2.05) is 36.7 Å². The third-order valence-electron chi connectivity index (χ3n) is 4.96. The number of halogens is 2. The van der Waals surface area contributed by atoms with Gasteiger partial charge in [0.1, 0.15) is 18.2 Å². The molecule has 0 unspecified atom stereocenters. The zero-order chi connectivity index (χ0) is 18.6. The van der Waals surface area contributed by atoms with E-state index in [4.69, 9.17) is 4.74 Å². The lowest BCUT2D eigenvalue weighted by Crippen LogP contribution is -2.37. The van der Waals surface area contributed by atoms with Crippen LogP contribution in [0.25, 0.3) is 10.9 Å². The molecule has 4 rings (SSSR count). The van der Waals surface area contributed by atoms with Crippen LogP contribution in [-0.2, 0) is 13.1 Å². The van der Waals surface area contributed by atoms with Gasteiger partial charge in [-0.25, -0.2) is 18.7 Å². The van der Waals surface area contributed by atoms with Gasteiger partial charge in [-0.2, -0.15) is 0 Å². The van der Waals surface area contributed by atoms with Crippen molar-refractivity contribution < 1.29 is 13.5 Å². The molecule has 2 aromatic heterocycles. The Balaban J connectivity index is 1.38. The molecule has 0 aliphatic carbocycles. The fraction of sp³-hybridized carbons (Fsp3) is 0.400. The van der Waals surface area contributed by atoms with Crippen LogP contribution in [0, 0.1) is 0 Å². The zero-order valence-corrected chi connectivity index (χ0v) is 15.0. The molecule has 142 valence electrons. The van der Waals surface area contributed by atoms with Crippen molar-refractivity contribution in [2.75, 3.05) is 13.1 Å². The first-order chi connectivity index (χ1) is 13.2. The Morgan fingerprint density at radius 2 is 1.89 bits per heavy atom. The molecular weight excluding hydrogens is 350 g/mol. The number of likely N-dealkylation sites (tertiary alicyclic amines) is 1. The molecule has 0 bridgehead atoms. The van der Waals surface area contributed by atoms with Crippen molar-refractivity contribution in [3.05, 3.63) is 54.7 Å². The molecule has 1 aliphatic rings. The SMILES string of the molecule is FC(F)Cn1ccc2c(OC3CCN(Cc4cncnc4)CC3)cccc21. The van der Waals surface area contributed by atoms with Crippen LogP contribution in [0.5, 0.6) is 5.75 Å². The van der Waals surface area contributed by atoms with Gasteiger partial charge in [0, 0.05) is 49.2 Å². The largest absolute Gasteiger partial charge is 0.490 e.